The van der Waals surface area contributed by atoms with Crippen LogP contribution in [0.15, 0.2) is 36.4 Å². The van der Waals surface area contributed by atoms with Gasteiger partial charge in [0.25, 0.3) is 0 Å². The summed E-state index contributed by atoms with van der Waals surface area (Å²) in [5.74, 6) is 0. The molecule has 0 spiro atoms. The van der Waals surface area contributed by atoms with Crippen LogP contribution in [0.3, 0.4) is 0 Å². The van der Waals surface area contributed by atoms with E-state index in [2.05, 4.69) is 31.2 Å². The highest BCUT2D eigenvalue weighted by atomic mass is 19.1. The first-order valence-corrected chi connectivity index (χ1v) is 5.95. The highest BCUT2D eigenvalue weighted by Gasteiger charge is 2.16. The number of hydrogen-bond acceptors (Lipinski definition) is 0. The van der Waals surface area contributed by atoms with E-state index in [1.165, 1.54) is 11.1 Å². The van der Waals surface area contributed by atoms with E-state index in [4.69, 9.17) is 0 Å². The predicted molar refractivity (Wildman–Crippen MR) is 68.4 cm³/mol. The van der Waals surface area contributed by atoms with Crippen LogP contribution < -0.4 is 0 Å². The second kappa shape index (κ2) is 5.83. The Labute approximate surface area is 98.2 Å². The standard InChI is InChI=1S/C15H21F/c1-4-11-15(3,16)12-5-6-14-9-7-13(2)8-10-14/h5,7-10,12H,4,6,11H2,1-3H3/b12-5+. The van der Waals surface area contributed by atoms with Crippen molar-refractivity contribution in [3.63, 3.8) is 0 Å². The van der Waals surface area contributed by atoms with Crippen LogP contribution in [0.5, 0.6) is 0 Å². The number of alkyl halides is 1. The molecule has 1 rings (SSSR count). The van der Waals surface area contributed by atoms with E-state index < -0.39 is 5.67 Å². The van der Waals surface area contributed by atoms with Crippen LogP contribution in [0.1, 0.15) is 37.8 Å². The summed E-state index contributed by atoms with van der Waals surface area (Å²) in [6, 6.07) is 8.36. The molecule has 0 saturated carbocycles. The molecule has 0 radical (unpaired) electrons. The maximum absolute atomic E-state index is 13.8. The number of rotatable bonds is 5. The second-order valence-electron chi connectivity index (χ2n) is 4.62. The second-order valence-corrected chi connectivity index (χ2v) is 4.62. The van der Waals surface area contributed by atoms with Gasteiger partial charge in [-0.05, 0) is 32.3 Å². The van der Waals surface area contributed by atoms with Gasteiger partial charge >= 0.3 is 0 Å². The summed E-state index contributed by atoms with van der Waals surface area (Å²) in [4.78, 5) is 0. The number of halogens is 1. The molecule has 0 nitrogen and oxygen atoms in total. The van der Waals surface area contributed by atoms with E-state index in [-0.39, 0.29) is 0 Å². The lowest BCUT2D eigenvalue weighted by molar-refractivity contribution is 0.238. The monoisotopic (exact) mass is 220 g/mol. The molecule has 0 bridgehead atoms. The molecule has 1 atom stereocenters. The zero-order valence-corrected chi connectivity index (χ0v) is 10.5. The molecule has 0 aliphatic rings. The number of allylic oxidation sites excluding steroid dienone is 2. The summed E-state index contributed by atoms with van der Waals surface area (Å²) in [7, 11) is 0. The van der Waals surface area contributed by atoms with Crippen LogP contribution >= 0.6 is 0 Å². The van der Waals surface area contributed by atoms with Gasteiger partial charge in [-0.25, -0.2) is 4.39 Å². The average molecular weight is 220 g/mol. The molecule has 0 aliphatic carbocycles. The maximum atomic E-state index is 13.8. The van der Waals surface area contributed by atoms with Crippen molar-refractivity contribution < 1.29 is 4.39 Å². The molecule has 0 aliphatic heterocycles. The Bertz CT molecular complexity index is 333. The Hall–Kier alpha value is -1.11. The number of hydrogen-bond donors (Lipinski definition) is 0. The third kappa shape index (κ3) is 4.61. The first-order chi connectivity index (χ1) is 7.53. The van der Waals surface area contributed by atoms with Gasteiger partial charge < -0.3 is 0 Å². The lowest BCUT2D eigenvalue weighted by atomic mass is 10.0. The van der Waals surface area contributed by atoms with Gasteiger partial charge in [-0.3, -0.25) is 0 Å². The van der Waals surface area contributed by atoms with Gasteiger partial charge in [0.05, 0.1) is 0 Å². The van der Waals surface area contributed by atoms with Crippen molar-refractivity contribution in [1.82, 2.24) is 0 Å². The van der Waals surface area contributed by atoms with Crippen LogP contribution in [0.2, 0.25) is 0 Å². The van der Waals surface area contributed by atoms with E-state index in [1.807, 2.05) is 13.0 Å². The van der Waals surface area contributed by atoms with Crippen molar-refractivity contribution in [2.24, 2.45) is 0 Å². The Morgan fingerprint density at radius 1 is 1.25 bits per heavy atom. The largest absolute Gasteiger partial charge is 0.240 e. The predicted octanol–water partition coefficient (Wildman–Crippen LogP) is 4.62. The normalized spacial score (nSPS) is 15.2. The lowest BCUT2D eigenvalue weighted by Gasteiger charge is -2.13. The van der Waals surface area contributed by atoms with E-state index in [0.717, 1.165) is 12.8 Å². The fourth-order valence-corrected chi connectivity index (χ4v) is 1.74. The summed E-state index contributed by atoms with van der Waals surface area (Å²) >= 11 is 0. The van der Waals surface area contributed by atoms with Crippen molar-refractivity contribution in [3.05, 3.63) is 47.5 Å². The first kappa shape index (κ1) is 13.0. The molecule has 1 unspecified atom stereocenters. The van der Waals surface area contributed by atoms with E-state index in [1.54, 1.807) is 13.0 Å². The fraction of sp³-hybridized carbons (Fsp3) is 0.467. The van der Waals surface area contributed by atoms with Gasteiger partial charge in [0.15, 0.2) is 0 Å². The number of aryl methyl sites for hydroxylation is 1. The Balaban J connectivity index is 2.51. The molecular formula is C15H21F. The number of benzene rings is 1. The third-order valence-corrected chi connectivity index (χ3v) is 2.68. The zero-order valence-electron chi connectivity index (χ0n) is 10.5. The molecule has 0 saturated heterocycles. The van der Waals surface area contributed by atoms with Gasteiger partial charge in [-0.15, -0.1) is 0 Å². The Morgan fingerprint density at radius 3 is 2.44 bits per heavy atom. The molecule has 0 heterocycles. The smallest absolute Gasteiger partial charge is 0.126 e. The van der Waals surface area contributed by atoms with Crippen LogP contribution in [0, 0.1) is 6.92 Å². The van der Waals surface area contributed by atoms with Crippen molar-refractivity contribution in [2.45, 2.75) is 45.7 Å². The Morgan fingerprint density at radius 2 is 1.88 bits per heavy atom. The van der Waals surface area contributed by atoms with Gasteiger partial charge in [-0.1, -0.05) is 55.3 Å². The quantitative estimate of drug-likeness (QED) is 0.635. The van der Waals surface area contributed by atoms with Gasteiger partial charge in [0, 0.05) is 0 Å². The molecule has 1 aromatic rings. The van der Waals surface area contributed by atoms with Crippen molar-refractivity contribution in [2.75, 3.05) is 0 Å². The van der Waals surface area contributed by atoms with Gasteiger partial charge in [0.1, 0.15) is 5.67 Å². The minimum atomic E-state index is -1.15. The molecule has 1 aromatic carbocycles. The molecule has 0 amide bonds. The van der Waals surface area contributed by atoms with Crippen molar-refractivity contribution in [1.29, 1.82) is 0 Å². The van der Waals surface area contributed by atoms with Gasteiger partial charge in [-0.2, -0.15) is 0 Å². The van der Waals surface area contributed by atoms with Crippen LogP contribution in [0.25, 0.3) is 0 Å². The van der Waals surface area contributed by atoms with E-state index in [0.29, 0.717) is 6.42 Å². The summed E-state index contributed by atoms with van der Waals surface area (Å²) in [6.45, 7) is 5.72. The lowest BCUT2D eigenvalue weighted by Crippen LogP contribution is -2.13. The first-order valence-electron chi connectivity index (χ1n) is 5.95. The van der Waals surface area contributed by atoms with Crippen LogP contribution in [-0.2, 0) is 6.42 Å². The summed E-state index contributed by atoms with van der Waals surface area (Å²) in [5, 5.41) is 0. The minimum absolute atomic E-state index is 0.595. The zero-order chi connectivity index (χ0) is 12.0. The van der Waals surface area contributed by atoms with E-state index >= 15 is 0 Å². The SMILES string of the molecule is CCCC(C)(F)/C=C/Cc1ccc(C)cc1. The average Bonchev–Trinajstić information content (AvgIpc) is 2.20. The minimum Gasteiger partial charge on any atom is -0.240 e. The maximum Gasteiger partial charge on any atom is 0.126 e. The topological polar surface area (TPSA) is 0 Å². The van der Waals surface area contributed by atoms with Gasteiger partial charge in [0.2, 0.25) is 0 Å². The molecule has 0 N–H and O–H groups in total. The fourth-order valence-electron chi connectivity index (χ4n) is 1.74. The van der Waals surface area contributed by atoms with Crippen molar-refractivity contribution >= 4 is 0 Å². The molecule has 1 heteroatoms. The summed E-state index contributed by atoms with van der Waals surface area (Å²) < 4.78 is 13.8. The molecule has 0 aromatic heterocycles. The summed E-state index contributed by atoms with van der Waals surface area (Å²) in [6.07, 6.45) is 5.90. The highest BCUT2D eigenvalue weighted by Crippen LogP contribution is 2.19. The molecule has 0 fully saturated rings. The summed E-state index contributed by atoms with van der Waals surface area (Å²) in [5.41, 5.74) is 1.34. The Kier molecular flexibility index (Phi) is 4.72. The molecule has 88 valence electrons. The highest BCUT2D eigenvalue weighted by molar-refractivity contribution is 5.23. The molecule has 16 heavy (non-hydrogen) atoms. The van der Waals surface area contributed by atoms with Crippen LogP contribution in [0.4, 0.5) is 4.39 Å². The molecular weight excluding hydrogens is 199 g/mol. The third-order valence-electron chi connectivity index (χ3n) is 2.68. The van der Waals surface area contributed by atoms with Crippen LogP contribution in [-0.4, -0.2) is 5.67 Å². The van der Waals surface area contributed by atoms with E-state index in [9.17, 15) is 4.39 Å². The van der Waals surface area contributed by atoms with Crippen molar-refractivity contribution in [3.8, 4) is 0 Å².